The summed E-state index contributed by atoms with van der Waals surface area (Å²) in [5, 5.41) is 6.11. The Morgan fingerprint density at radius 1 is 1.60 bits per heavy atom. The van der Waals surface area contributed by atoms with Crippen LogP contribution in [0.3, 0.4) is 0 Å². The minimum Gasteiger partial charge on any atom is -0.353 e. The zero-order valence-corrected chi connectivity index (χ0v) is 8.66. The Morgan fingerprint density at radius 3 is 3.07 bits per heavy atom. The molecule has 2 rings (SSSR count). The van der Waals surface area contributed by atoms with Crippen LogP contribution in [-0.2, 0) is 9.47 Å². The van der Waals surface area contributed by atoms with Gasteiger partial charge in [-0.05, 0) is 26.2 Å². The van der Waals surface area contributed by atoms with Crippen molar-refractivity contribution in [2.45, 2.75) is 38.6 Å². The monoisotopic (exact) mass is 213 g/mol. The van der Waals surface area contributed by atoms with Crippen molar-refractivity contribution in [2.24, 2.45) is 0 Å². The maximum Gasteiger partial charge on any atom is 0.340 e. The number of nitrogens with zero attached hydrogens (tertiary/aromatic N) is 1. The van der Waals surface area contributed by atoms with E-state index in [9.17, 15) is 4.79 Å². The van der Waals surface area contributed by atoms with Crippen LogP contribution in [-0.4, -0.2) is 28.1 Å². The molecule has 0 spiro atoms. The molecule has 6 nitrogen and oxygen atoms in total. The molecule has 6 heteroatoms. The summed E-state index contributed by atoms with van der Waals surface area (Å²) in [6.07, 6.45) is 2.68. The summed E-state index contributed by atoms with van der Waals surface area (Å²) >= 11 is 0. The first kappa shape index (κ1) is 10.4. The molecule has 1 aromatic rings. The number of aromatic nitrogens is 3. The van der Waals surface area contributed by atoms with Gasteiger partial charge < -0.3 is 9.47 Å². The molecule has 1 fully saturated rings. The molecule has 0 amide bonds. The molecule has 1 saturated heterocycles. The molecule has 2 N–H and O–H groups in total. The molecule has 0 aliphatic carbocycles. The maximum absolute atomic E-state index is 10.8. The molecule has 15 heavy (non-hydrogen) atoms. The first-order valence-corrected chi connectivity index (χ1v) is 5.17. The predicted octanol–water partition coefficient (Wildman–Crippen LogP) is 0.702. The highest BCUT2D eigenvalue weighted by Crippen LogP contribution is 2.20. The summed E-state index contributed by atoms with van der Waals surface area (Å²) in [4.78, 5) is 13.4. The normalized spacial score (nSPS) is 23.9. The second kappa shape index (κ2) is 4.59. The molecule has 0 bridgehead atoms. The third kappa shape index (κ3) is 2.66. The van der Waals surface area contributed by atoms with Gasteiger partial charge in [-0.15, -0.1) is 0 Å². The average molecular weight is 213 g/mol. The third-order valence-corrected chi connectivity index (χ3v) is 2.40. The van der Waals surface area contributed by atoms with Crippen molar-refractivity contribution in [1.82, 2.24) is 15.2 Å². The molecule has 1 aliphatic rings. The van der Waals surface area contributed by atoms with Crippen LogP contribution >= 0.6 is 0 Å². The van der Waals surface area contributed by atoms with Crippen molar-refractivity contribution < 1.29 is 9.47 Å². The van der Waals surface area contributed by atoms with Gasteiger partial charge in [-0.1, -0.05) is 0 Å². The smallest absolute Gasteiger partial charge is 0.340 e. The fourth-order valence-corrected chi connectivity index (χ4v) is 1.59. The zero-order valence-electron chi connectivity index (χ0n) is 8.66. The van der Waals surface area contributed by atoms with Crippen LogP contribution in [0.1, 0.15) is 38.1 Å². The van der Waals surface area contributed by atoms with E-state index in [0.717, 1.165) is 25.9 Å². The van der Waals surface area contributed by atoms with Gasteiger partial charge in [0.05, 0.1) is 0 Å². The van der Waals surface area contributed by atoms with Gasteiger partial charge >= 0.3 is 5.69 Å². The molecule has 1 aliphatic heterocycles. The van der Waals surface area contributed by atoms with Gasteiger partial charge in [-0.2, -0.15) is 5.10 Å². The molecule has 0 saturated carbocycles. The van der Waals surface area contributed by atoms with Crippen LogP contribution in [0.4, 0.5) is 0 Å². The van der Waals surface area contributed by atoms with Gasteiger partial charge in [0, 0.05) is 6.61 Å². The highest BCUT2D eigenvalue weighted by Gasteiger charge is 2.19. The Hall–Kier alpha value is -1.14. The summed E-state index contributed by atoms with van der Waals surface area (Å²) in [5.74, 6) is 0.508. The highest BCUT2D eigenvalue weighted by atomic mass is 16.7. The standard InChI is InChI=1S/C9H15N3O3/c1-6(8-10-9(13)12-11-8)15-7-4-2-3-5-14-7/h6-7H,2-5H2,1H3,(H2,10,11,12,13). The first-order valence-electron chi connectivity index (χ1n) is 5.17. The number of ether oxygens (including phenoxy) is 2. The van der Waals surface area contributed by atoms with Gasteiger partial charge in [-0.3, -0.25) is 4.98 Å². The summed E-state index contributed by atoms with van der Waals surface area (Å²) < 4.78 is 11.0. The molecule has 1 aromatic heterocycles. The summed E-state index contributed by atoms with van der Waals surface area (Å²) in [6, 6.07) is 0. The number of aromatic amines is 2. The Labute approximate surface area is 87.0 Å². The Morgan fingerprint density at radius 2 is 2.47 bits per heavy atom. The quantitative estimate of drug-likeness (QED) is 0.774. The van der Waals surface area contributed by atoms with Crippen molar-refractivity contribution in [1.29, 1.82) is 0 Å². The molecule has 2 unspecified atom stereocenters. The van der Waals surface area contributed by atoms with Crippen LogP contribution in [0.15, 0.2) is 4.79 Å². The number of hydrogen-bond donors (Lipinski definition) is 2. The van der Waals surface area contributed by atoms with Crippen LogP contribution in [0.5, 0.6) is 0 Å². The summed E-state index contributed by atoms with van der Waals surface area (Å²) in [7, 11) is 0. The van der Waals surface area contributed by atoms with E-state index in [-0.39, 0.29) is 18.1 Å². The largest absolute Gasteiger partial charge is 0.353 e. The van der Waals surface area contributed by atoms with E-state index in [1.807, 2.05) is 6.92 Å². The maximum atomic E-state index is 10.8. The Balaban J connectivity index is 1.90. The Bertz CT molecular complexity index is 353. The summed E-state index contributed by atoms with van der Waals surface area (Å²) in [6.45, 7) is 2.58. The van der Waals surface area contributed by atoms with Crippen molar-refractivity contribution >= 4 is 0 Å². The molecular formula is C9H15N3O3. The summed E-state index contributed by atoms with van der Waals surface area (Å²) in [5.41, 5.74) is -0.315. The lowest BCUT2D eigenvalue weighted by Gasteiger charge is -2.24. The van der Waals surface area contributed by atoms with Gasteiger partial charge in [0.1, 0.15) is 6.10 Å². The number of H-pyrrole nitrogens is 2. The van der Waals surface area contributed by atoms with Crippen LogP contribution in [0, 0.1) is 0 Å². The molecule has 2 heterocycles. The fraction of sp³-hybridized carbons (Fsp3) is 0.778. The molecule has 84 valence electrons. The second-order valence-corrected chi connectivity index (χ2v) is 3.64. The zero-order chi connectivity index (χ0) is 10.7. The Kier molecular flexibility index (Phi) is 3.17. The molecule has 0 radical (unpaired) electrons. The average Bonchev–Trinajstić information content (AvgIpc) is 2.66. The van der Waals surface area contributed by atoms with E-state index in [0.29, 0.717) is 5.82 Å². The lowest BCUT2D eigenvalue weighted by Crippen LogP contribution is -2.24. The highest BCUT2D eigenvalue weighted by molar-refractivity contribution is 4.85. The number of hydrogen-bond acceptors (Lipinski definition) is 4. The van der Waals surface area contributed by atoms with E-state index in [4.69, 9.17) is 9.47 Å². The van der Waals surface area contributed by atoms with Gasteiger partial charge in [0.15, 0.2) is 12.1 Å². The van der Waals surface area contributed by atoms with E-state index < -0.39 is 0 Å². The number of rotatable bonds is 3. The molecule has 0 aromatic carbocycles. The first-order chi connectivity index (χ1) is 7.25. The van der Waals surface area contributed by atoms with Crippen molar-refractivity contribution in [3.8, 4) is 0 Å². The van der Waals surface area contributed by atoms with Crippen LogP contribution in [0.25, 0.3) is 0 Å². The van der Waals surface area contributed by atoms with Crippen molar-refractivity contribution in [2.75, 3.05) is 6.61 Å². The minimum atomic E-state index is -0.315. The lowest BCUT2D eigenvalue weighted by molar-refractivity contribution is -0.187. The SMILES string of the molecule is CC(OC1CCCCO1)c1n[nH]c(=O)[nH]1. The van der Waals surface area contributed by atoms with Crippen molar-refractivity contribution in [3.05, 3.63) is 16.3 Å². The van der Waals surface area contributed by atoms with Gasteiger partial charge in [-0.25, -0.2) is 9.89 Å². The van der Waals surface area contributed by atoms with E-state index in [2.05, 4.69) is 15.2 Å². The van der Waals surface area contributed by atoms with E-state index >= 15 is 0 Å². The topological polar surface area (TPSA) is 80.0 Å². The predicted molar refractivity (Wildman–Crippen MR) is 52.3 cm³/mol. The lowest BCUT2D eigenvalue weighted by atomic mass is 10.2. The van der Waals surface area contributed by atoms with Crippen LogP contribution in [0.2, 0.25) is 0 Å². The van der Waals surface area contributed by atoms with E-state index in [1.54, 1.807) is 0 Å². The van der Waals surface area contributed by atoms with E-state index in [1.165, 1.54) is 0 Å². The molecular weight excluding hydrogens is 198 g/mol. The number of nitrogens with one attached hydrogen (secondary N) is 2. The van der Waals surface area contributed by atoms with Crippen LogP contribution < -0.4 is 5.69 Å². The fourth-order valence-electron chi connectivity index (χ4n) is 1.59. The van der Waals surface area contributed by atoms with Gasteiger partial charge in [0.25, 0.3) is 0 Å². The van der Waals surface area contributed by atoms with Crippen molar-refractivity contribution in [3.63, 3.8) is 0 Å². The minimum absolute atomic E-state index is 0.172. The second-order valence-electron chi connectivity index (χ2n) is 3.64. The van der Waals surface area contributed by atoms with Gasteiger partial charge in [0.2, 0.25) is 0 Å². The third-order valence-electron chi connectivity index (χ3n) is 2.40. The molecule has 2 atom stereocenters.